The Kier molecular flexibility index (Phi) is 2.60. The van der Waals surface area contributed by atoms with Crippen molar-refractivity contribution in [1.29, 1.82) is 0 Å². The van der Waals surface area contributed by atoms with Crippen molar-refractivity contribution in [3.8, 4) is 0 Å². The smallest absolute Gasteiger partial charge is 0.234 e. The van der Waals surface area contributed by atoms with E-state index in [1.807, 2.05) is 23.2 Å². The molecule has 0 unspecified atom stereocenters. The van der Waals surface area contributed by atoms with Gasteiger partial charge < -0.3 is 11.1 Å². The van der Waals surface area contributed by atoms with Crippen molar-refractivity contribution >= 4 is 17.2 Å². The number of nitrogens with zero attached hydrogens (tertiary/aromatic N) is 4. The lowest BCUT2D eigenvalue weighted by atomic mass is 10.3. The highest BCUT2D eigenvalue weighted by Gasteiger charge is 2.17. The molecule has 1 fully saturated rings. The van der Waals surface area contributed by atoms with Gasteiger partial charge in [-0.3, -0.25) is 9.69 Å². The third-order valence-corrected chi connectivity index (χ3v) is 2.95. The molecule has 1 amide bonds. The molecule has 7 nitrogen and oxygen atoms in total. The van der Waals surface area contributed by atoms with E-state index in [0.29, 0.717) is 31.3 Å². The third kappa shape index (κ3) is 2.00. The summed E-state index contributed by atoms with van der Waals surface area (Å²) in [5.74, 6) is 1.13. The van der Waals surface area contributed by atoms with Crippen molar-refractivity contribution in [2.24, 2.45) is 0 Å². The monoisotopic (exact) mass is 246 g/mol. The number of hydrogen-bond donors (Lipinski definition) is 2. The largest absolute Gasteiger partial charge is 0.382 e. The molecule has 94 valence electrons. The van der Waals surface area contributed by atoms with Crippen molar-refractivity contribution < 1.29 is 4.79 Å². The van der Waals surface area contributed by atoms with E-state index < -0.39 is 0 Å². The van der Waals surface area contributed by atoms with Crippen LogP contribution < -0.4 is 11.1 Å². The van der Waals surface area contributed by atoms with Crippen LogP contribution in [0.4, 0.5) is 5.82 Å². The van der Waals surface area contributed by atoms with Crippen molar-refractivity contribution in [2.45, 2.75) is 6.54 Å². The second kappa shape index (κ2) is 4.26. The van der Waals surface area contributed by atoms with Crippen molar-refractivity contribution in [2.75, 3.05) is 25.4 Å². The van der Waals surface area contributed by atoms with Gasteiger partial charge in [0.1, 0.15) is 5.52 Å². The van der Waals surface area contributed by atoms with Crippen LogP contribution in [0.1, 0.15) is 5.82 Å². The maximum absolute atomic E-state index is 11.3. The molecule has 3 N–H and O–H groups in total. The zero-order chi connectivity index (χ0) is 12.5. The number of carbonyl (C=O) groups excluding carboxylic acids is 1. The molecule has 3 heterocycles. The standard InChI is InChI=1S/C11H14N6O/c12-11-8-2-1-4-17(8)15-9(14-11)6-16-5-3-13-10(18)7-16/h1-2,4H,3,5-7H2,(H,13,18)(H2,12,14,15). The Balaban J connectivity index is 1.83. The van der Waals surface area contributed by atoms with Crippen LogP contribution in [0.3, 0.4) is 0 Å². The van der Waals surface area contributed by atoms with E-state index in [9.17, 15) is 4.79 Å². The number of hydrogen-bond acceptors (Lipinski definition) is 5. The van der Waals surface area contributed by atoms with Crippen LogP contribution in [0, 0.1) is 0 Å². The predicted molar refractivity (Wildman–Crippen MR) is 65.7 cm³/mol. The fourth-order valence-corrected chi connectivity index (χ4v) is 2.10. The van der Waals surface area contributed by atoms with E-state index >= 15 is 0 Å². The highest BCUT2D eigenvalue weighted by molar-refractivity contribution is 5.78. The van der Waals surface area contributed by atoms with E-state index in [2.05, 4.69) is 15.4 Å². The van der Waals surface area contributed by atoms with Gasteiger partial charge in [-0.2, -0.15) is 5.10 Å². The van der Waals surface area contributed by atoms with Crippen LogP contribution in [0.25, 0.3) is 5.52 Å². The van der Waals surface area contributed by atoms with Gasteiger partial charge in [-0.15, -0.1) is 0 Å². The molecule has 0 aromatic carbocycles. The maximum Gasteiger partial charge on any atom is 0.234 e. The Labute approximate surface area is 104 Å². The first-order valence-electron chi connectivity index (χ1n) is 5.81. The molecule has 7 heteroatoms. The molecule has 0 radical (unpaired) electrons. The first-order chi connectivity index (χ1) is 8.72. The van der Waals surface area contributed by atoms with E-state index in [1.165, 1.54) is 0 Å². The SMILES string of the molecule is Nc1nc(CN2CCNC(=O)C2)nn2cccc12. The molecule has 2 aromatic rings. The second-order valence-corrected chi connectivity index (χ2v) is 4.31. The van der Waals surface area contributed by atoms with Gasteiger partial charge in [-0.05, 0) is 12.1 Å². The Hall–Kier alpha value is -2.15. The maximum atomic E-state index is 11.3. The number of amides is 1. The van der Waals surface area contributed by atoms with Gasteiger partial charge in [0.2, 0.25) is 5.91 Å². The van der Waals surface area contributed by atoms with Gasteiger partial charge in [-0.25, -0.2) is 9.50 Å². The van der Waals surface area contributed by atoms with Crippen molar-refractivity contribution in [1.82, 2.24) is 24.8 Å². The number of rotatable bonds is 2. The van der Waals surface area contributed by atoms with E-state index in [4.69, 9.17) is 5.73 Å². The summed E-state index contributed by atoms with van der Waals surface area (Å²) < 4.78 is 1.71. The quantitative estimate of drug-likeness (QED) is 0.727. The first kappa shape index (κ1) is 11.0. The molecular weight excluding hydrogens is 232 g/mol. The minimum Gasteiger partial charge on any atom is -0.382 e. The third-order valence-electron chi connectivity index (χ3n) is 2.95. The summed E-state index contributed by atoms with van der Waals surface area (Å²) in [5, 5.41) is 7.15. The average Bonchev–Trinajstić information content (AvgIpc) is 2.77. The van der Waals surface area contributed by atoms with E-state index in [0.717, 1.165) is 12.1 Å². The number of nitrogen functional groups attached to an aromatic ring is 1. The fraction of sp³-hybridized carbons (Fsp3) is 0.364. The van der Waals surface area contributed by atoms with Crippen LogP contribution in [0.5, 0.6) is 0 Å². The van der Waals surface area contributed by atoms with Gasteiger partial charge in [0.25, 0.3) is 0 Å². The summed E-state index contributed by atoms with van der Waals surface area (Å²) >= 11 is 0. The molecule has 2 aromatic heterocycles. The molecule has 18 heavy (non-hydrogen) atoms. The number of anilines is 1. The lowest BCUT2D eigenvalue weighted by Gasteiger charge is -2.25. The second-order valence-electron chi connectivity index (χ2n) is 4.31. The topological polar surface area (TPSA) is 88.5 Å². The van der Waals surface area contributed by atoms with Crippen LogP contribution in [0.15, 0.2) is 18.3 Å². The molecule has 0 saturated carbocycles. The lowest BCUT2D eigenvalue weighted by Crippen LogP contribution is -2.47. The number of nitrogens with one attached hydrogen (secondary N) is 1. The molecule has 0 atom stereocenters. The first-order valence-corrected chi connectivity index (χ1v) is 5.81. The zero-order valence-electron chi connectivity index (χ0n) is 9.83. The summed E-state index contributed by atoms with van der Waals surface area (Å²) in [6.45, 7) is 2.39. The Bertz CT molecular complexity index is 592. The van der Waals surface area contributed by atoms with Crippen molar-refractivity contribution in [3.05, 3.63) is 24.2 Å². The number of nitrogens with two attached hydrogens (primary N) is 1. The molecular formula is C11H14N6O. The number of aromatic nitrogens is 3. The molecule has 0 spiro atoms. The molecule has 0 aliphatic carbocycles. The van der Waals surface area contributed by atoms with E-state index in [-0.39, 0.29) is 5.91 Å². The minimum atomic E-state index is 0.0382. The lowest BCUT2D eigenvalue weighted by molar-refractivity contribution is -0.124. The highest BCUT2D eigenvalue weighted by atomic mass is 16.2. The molecule has 1 saturated heterocycles. The van der Waals surface area contributed by atoms with Crippen molar-refractivity contribution in [3.63, 3.8) is 0 Å². The Morgan fingerprint density at radius 2 is 2.39 bits per heavy atom. The summed E-state index contributed by atoms with van der Waals surface area (Å²) in [6, 6.07) is 3.74. The highest BCUT2D eigenvalue weighted by Crippen LogP contribution is 2.11. The Morgan fingerprint density at radius 3 is 3.22 bits per heavy atom. The molecule has 0 bridgehead atoms. The van der Waals surface area contributed by atoms with Crippen LogP contribution in [0.2, 0.25) is 0 Å². The van der Waals surface area contributed by atoms with Gasteiger partial charge in [-0.1, -0.05) is 0 Å². The van der Waals surface area contributed by atoms with Crippen LogP contribution in [-0.4, -0.2) is 45.0 Å². The average molecular weight is 246 g/mol. The number of carbonyl (C=O) groups is 1. The zero-order valence-corrected chi connectivity index (χ0v) is 9.83. The number of fused-ring (bicyclic) bond motifs is 1. The Morgan fingerprint density at radius 1 is 1.50 bits per heavy atom. The molecule has 1 aliphatic rings. The summed E-state index contributed by atoms with van der Waals surface area (Å²) in [5.41, 5.74) is 6.67. The summed E-state index contributed by atoms with van der Waals surface area (Å²) in [4.78, 5) is 17.5. The number of piperazine rings is 1. The summed E-state index contributed by atoms with van der Waals surface area (Å²) in [6.07, 6.45) is 1.83. The van der Waals surface area contributed by atoms with Gasteiger partial charge in [0.15, 0.2) is 11.6 Å². The normalized spacial score (nSPS) is 17.0. The predicted octanol–water partition coefficient (Wildman–Crippen LogP) is -0.757. The van der Waals surface area contributed by atoms with Gasteiger partial charge in [0.05, 0.1) is 13.1 Å². The minimum absolute atomic E-state index is 0.0382. The van der Waals surface area contributed by atoms with Crippen LogP contribution >= 0.6 is 0 Å². The van der Waals surface area contributed by atoms with Gasteiger partial charge >= 0.3 is 0 Å². The molecule has 3 rings (SSSR count). The van der Waals surface area contributed by atoms with Crippen LogP contribution in [-0.2, 0) is 11.3 Å². The summed E-state index contributed by atoms with van der Waals surface area (Å²) in [7, 11) is 0. The van der Waals surface area contributed by atoms with E-state index in [1.54, 1.807) is 4.52 Å². The fourth-order valence-electron chi connectivity index (χ4n) is 2.10. The van der Waals surface area contributed by atoms with Gasteiger partial charge in [0, 0.05) is 19.3 Å². The molecule has 1 aliphatic heterocycles.